The average molecular weight is 617 g/mol. The lowest BCUT2D eigenvalue weighted by Crippen LogP contribution is -2.44. The van der Waals surface area contributed by atoms with Gasteiger partial charge in [0.2, 0.25) is 5.95 Å². The first kappa shape index (κ1) is 30.4. The Kier molecular flexibility index (Phi) is 7.90. The van der Waals surface area contributed by atoms with Gasteiger partial charge in [-0.15, -0.1) is 11.3 Å². The lowest BCUT2D eigenvalue weighted by molar-refractivity contribution is -0.154. The number of aliphatic carboxylic acids is 1. The molecule has 0 bridgehead atoms. The third-order valence-electron chi connectivity index (χ3n) is 7.64. The van der Waals surface area contributed by atoms with Crippen LogP contribution in [0.3, 0.4) is 0 Å². The molecule has 1 aliphatic carbocycles. The lowest BCUT2D eigenvalue weighted by atomic mass is 9.63. The van der Waals surface area contributed by atoms with Crippen molar-refractivity contribution in [3.8, 4) is 27.3 Å². The second-order valence-corrected chi connectivity index (χ2v) is 12.2. The normalized spacial score (nSPS) is 20.0. The van der Waals surface area contributed by atoms with E-state index in [0.717, 1.165) is 12.3 Å². The number of carboxylic acids is 1. The zero-order valence-corrected chi connectivity index (χ0v) is 24.2. The molecule has 5 rings (SSSR count). The summed E-state index contributed by atoms with van der Waals surface area (Å²) in [5.41, 5.74) is -1.18. The molecule has 1 fully saturated rings. The largest absolute Gasteiger partial charge is 0.494 e. The fourth-order valence-electron chi connectivity index (χ4n) is 5.56. The lowest BCUT2D eigenvalue weighted by Gasteiger charge is -2.44. The predicted molar refractivity (Wildman–Crippen MR) is 152 cm³/mol. The van der Waals surface area contributed by atoms with Crippen LogP contribution in [0.5, 0.6) is 5.75 Å². The number of methoxy groups -OCH3 is 1. The number of halogens is 4. The second-order valence-electron chi connectivity index (χ2n) is 11.2. The van der Waals surface area contributed by atoms with Crippen LogP contribution in [-0.2, 0) is 16.6 Å². The summed E-state index contributed by atoms with van der Waals surface area (Å²) in [5.74, 6) is -2.32. The van der Waals surface area contributed by atoms with Crippen molar-refractivity contribution in [1.29, 1.82) is 0 Å². The van der Waals surface area contributed by atoms with Crippen molar-refractivity contribution in [3.05, 3.63) is 71.4 Å². The van der Waals surface area contributed by atoms with Gasteiger partial charge in [0.05, 0.1) is 17.9 Å². The Labute approximate surface area is 248 Å². The van der Waals surface area contributed by atoms with Crippen LogP contribution < -0.4 is 10.1 Å². The van der Waals surface area contributed by atoms with E-state index in [9.17, 15) is 32.6 Å². The quantitative estimate of drug-likeness (QED) is 0.186. The standard InChI is InChI=1S/C30H28F4N4O4S/c1-28(2)15-29(41,8-6-20(28)25(39)40)26-36-14-23(43-26)18-10-17(16-4-5-22(42-3)21(31)13-16)11-19(12-18)37-27-35-9-7-24(38-27)30(32,33)34/h4-5,7,9-14,20,41H,6,8,15H2,1-3H3,(H,39,40)(H,35,37,38)/t20-,29-/m1/s1. The van der Waals surface area contributed by atoms with Gasteiger partial charge in [0.15, 0.2) is 11.6 Å². The number of anilines is 2. The van der Waals surface area contributed by atoms with Crippen molar-refractivity contribution in [2.75, 3.05) is 12.4 Å². The van der Waals surface area contributed by atoms with Gasteiger partial charge in [-0.3, -0.25) is 4.79 Å². The van der Waals surface area contributed by atoms with Gasteiger partial charge in [0.1, 0.15) is 16.3 Å². The molecular formula is C30H28F4N4O4S. The van der Waals surface area contributed by atoms with Gasteiger partial charge >= 0.3 is 12.1 Å². The van der Waals surface area contributed by atoms with Crippen molar-refractivity contribution < 1.29 is 37.3 Å². The highest BCUT2D eigenvalue weighted by molar-refractivity contribution is 7.15. The van der Waals surface area contributed by atoms with E-state index in [4.69, 9.17) is 4.74 Å². The Morgan fingerprint density at radius 2 is 1.84 bits per heavy atom. The van der Waals surface area contributed by atoms with E-state index in [-0.39, 0.29) is 31.0 Å². The van der Waals surface area contributed by atoms with Crippen LogP contribution >= 0.6 is 11.3 Å². The number of ether oxygens (including phenoxy) is 1. The number of nitrogens with zero attached hydrogens (tertiary/aromatic N) is 3. The Balaban J connectivity index is 1.54. The molecule has 13 heteroatoms. The highest BCUT2D eigenvalue weighted by atomic mass is 32.1. The number of hydrogen-bond acceptors (Lipinski definition) is 8. The van der Waals surface area contributed by atoms with E-state index in [2.05, 4.69) is 20.3 Å². The summed E-state index contributed by atoms with van der Waals surface area (Å²) < 4.78 is 59.4. The number of carboxylic acid groups (broad SMARTS) is 1. The highest BCUT2D eigenvalue weighted by Gasteiger charge is 2.49. The molecule has 1 saturated carbocycles. The molecule has 0 saturated heterocycles. The summed E-state index contributed by atoms with van der Waals surface area (Å²) >= 11 is 1.23. The number of nitrogens with one attached hydrogen (secondary N) is 1. The van der Waals surface area contributed by atoms with Gasteiger partial charge in [0.25, 0.3) is 0 Å². The minimum absolute atomic E-state index is 0.0523. The monoisotopic (exact) mass is 616 g/mol. The number of benzene rings is 2. The van der Waals surface area contributed by atoms with Crippen molar-refractivity contribution >= 4 is 28.9 Å². The Morgan fingerprint density at radius 3 is 2.49 bits per heavy atom. The van der Waals surface area contributed by atoms with Gasteiger partial charge in [-0.2, -0.15) is 13.2 Å². The second kappa shape index (κ2) is 11.2. The molecular weight excluding hydrogens is 588 g/mol. The van der Waals surface area contributed by atoms with Gasteiger partial charge in [-0.1, -0.05) is 19.9 Å². The van der Waals surface area contributed by atoms with E-state index in [1.54, 1.807) is 30.5 Å². The Hall–Kier alpha value is -4.10. The van der Waals surface area contributed by atoms with Crippen LogP contribution in [0.25, 0.3) is 21.6 Å². The number of aromatic nitrogens is 3. The topological polar surface area (TPSA) is 117 Å². The van der Waals surface area contributed by atoms with Crippen LogP contribution in [0.15, 0.2) is 54.9 Å². The first-order chi connectivity index (χ1) is 20.2. The zero-order valence-electron chi connectivity index (χ0n) is 23.4. The number of aliphatic hydroxyl groups is 1. The molecule has 0 unspecified atom stereocenters. The highest BCUT2D eigenvalue weighted by Crippen LogP contribution is 2.51. The zero-order chi connectivity index (χ0) is 31.2. The smallest absolute Gasteiger partial charge is 0.433 e. The van der Waals surface area contributed by atoms with Gasteiger partial charge in [-0.25, -0.2) is 19.3 Å². The third kappa shape index (κ3) is 6.32. The van der Waals surface area contributed by atoms with Crippen LogP contribution in [0.4, 0.5) is 29.2 Å². The number of hydrogen-bond donors (Lipinski definition) is 3. The molecule has 2 aromatic carbocycles. The molecule has 8 nitrogen and oxygen atoms in total. The van der Waals surface area contributed by atoms with Crippen LogP contribution in [0.1, 0.15) is 43.8 Å². The van der Waals surface area contributed by atoms with Crippen molar-refractivity contribution in [3.63, 3.8) is 0 Å². The Morgan fingerprint density at radius 1 is 1.09 bits per heavy atom. The molecule has 43 heavy (non-hydrogen) atoms. The summed E-state index contributed by atoms with van der Waals surface area (Å²) in [6, 6.07) is 10.2. The maximum Gasteiger partial charge on any atom is 0.433 e. The van der Waals surface area contributed by atoms with E-state index < -0.39 is 40.6 Å². The summed E-state index contributed by atoms with van der Waals surface area (Å²) in [6.07, 6.45) is -1.37. The fraction of sp³-hybridized carbons (Fsp3) is 0.333. The molecule has 2 aromatic heterocycles. The summed E-state index contributed by atoms with van der Waals surface area (Å²) in [6.45, 7) is 3.63. The van der Waals surface area contributed by atoms with E-state index in [1.807, 2.05) is 13.8 Å². The number of thiazole rings is 1. The van der Waals surface area contributed by atoms with E-state index in [0.29, 0.717) is 32.3 Å². The van der Waals surface area contributed by atoms with Crippen molar-refractivity contribution in [2.24, 2.45) is 11.3 Å². The summed E-state index contributed by atoms with van der Waals surface area (Å²) in [7, 11) is 1.35. The van der Waals surface area contributed by atoms with Crippen molar-refractivity contribution in [2.45, 2.75) is 44.9 Å². The van der Waals surface area contributed by atoms with E-state index >= 15 is 0 Å². The van der Waals surface area contributed by atoms with Gasteiger partial charge in [-0.05, 0) is 77.8 Å². The van der Waals surface area contributed by atoms with Gasteiger partial charge in [0, 0.05) is 18.1 Å². The van der Waals surface area contributed by atoms with E-state index in [1.165, 1.54) is 30.6 Å². The number of carbonyl (C=O) groups is 1. The minimum atomic E-state index is -4.66. The van der Waals surface area contributed by atoms with Crippen LogP contribution in [0.2, 0.25) is 0 Å². The predicted octanol–water partition coefficient (Wildman–Crippen LogP) is 7.28. The molecule has 226 valence electrons. The maximum absolute atomic E-state index is 14.6. The number of rotatable bonds is 7. The maximum atomic E-state index is 14.6. The molecule has 0 radical (unpaired) electrons. The third-order valence-corrected chi connectivity index (χ3v) is 8.88. The fourth-order valence-corrected chi connectivity index (χ4v) is 6.58. The molecule has 1 aliphatic rings. The first-order valence-corrected chi connectivity index (χ1v) is 14.1. The average Bonchev–Trinajstić information content (AvgIpc) is 3.43. The molecule has 0 aliphatic heterocycles. The molecule has 2 heterocycles. The molecule has 0 spiro atoms. The Bertz CT molecular complexity index is 1680. The molecule has 2 atom stereocenters. The first-order valence-electron chi connectivity index (χ1n) is 13.3. The molecule has 4 aromatic rings. The number of alkyl halides is 3. The SMILES string of the molecule is COc1ccc(-c2cc(Nc3nccc(C(F)(F)F)n3)cc(-c3cnc([C@@]4(O)CC[C@H](C(=O)O)C(C)(C)C4)s3)c2)cc1F. The summed E-state index contributed by atoms with van der Waals surface area (Å²) in [4.78, 5) is 24.4. The van der Waals surface area contributed by atoms with Gasteiger partial charge < -0.3 is 20.3 Å². The van der Waals surface area contributed by atoms with Crippen LogP contribution in [-0.4, -0.2) is 38.2 Å². The minimum Gasteiger partial charge on any atom is -0.494 e. The summed E-state index contributed by atoms with van der Waals surface area (Å²) in [5, 5.41) is 24.4. The van der Waals surface area contributed by atoms with Crippen LogP contribution in [0, 0.1) is 17.2 Å². The molecule has 3 N–H and O–H groups in total. The van der Waals surface area contributed by atoms with Crippen molar-refractivity contribution in [1.82, 2.24) is 15.0 Å². The molecule has 0 amide bonds.